The highest BCUT2D eigenvalue weighted by atomic mass is 16.2. The number of carbonyl (C=O) groups excluding carboxylic acids is 1. The van der Waals surface area contributed by atoms with Crippen molar-refractivity contribution >= 4 is 22.9 Å². The Hall–Kier alpha value is -2.18. The van der Waals surface area contributed by atoms with E-state index in [1.165, 1.54) is 19.2 Å². The highest BCUT2D eigenvalue weighted by Gasteiger charge is 2.32. The molecule has 0 spiro atoms. The van der Waals surface area contributed by atoms with Crippen LogP contribution < -0.4 is 5.32 Å². The molecule has 2 aromatic heterocycles. The summed E-state index contributed by atoms with van der Waals surface area (Å²) in [6.45, 7) is 1.60. The van der Waals surface area contributed by atoms with Gasteiger partial charge in [-0.25, -0.2) is 15.0 Å². The zero-order valence-electron chi connectivity index (χ0n) is 12.5. The van der Waals surface area contributed by atoms with Gasteiger partial charge in [0.05, 0.1) is 6.33 Å². The normalized spacial score (nSPS) is 22.5. The van der Waals surface area contributed by atoms with E-state index >= 15 is 0 Å². The zero-order chi connectivity index (χ0) is 14.9. The van der Waals surface area contributed by atoms with E-state index in [1.54, 1.807) is 6.33 Å². The van der Waals surface area contributed by atoms with Crippen molar-refractivity contribution in [3.63, 3.8) is 0 Å². The molecule has 4 rings (SSSR count). The third kappa shape index (κ3) is 2.40. The maximum atomic E-state index is 12.5. The lowest BCUT2D eigenvalue weighted by atomic mass is 10.1. The van der Waals surface area contributed by atoms with Crippen LogP contribution in [0, 0.1) is 5.92 Å². The maximum Gasteiger partial charge on any atom is 0.225 e. The number of anilines is 1. The van der Waals surface area contributed by atoms with Gasteiger partial charge in [-0.15, -0.1) is 0 Å². The quantitative estimate of drug-likeness (QED) is 0.898. The second-order valence-corrected chi connectivity index (χ2v) is 6.22. The number of nitrogens with zero attached hydrogens (tertiary/aromatic N) is 4. The number of hydrogen-bond donors (Lipinski definition) is 2. The largest absolute Gasteiger partial charge is 0.364 e. The van der Waals surface area contributed by atoms with Gasteiger partial charge in [-0.3, -0.25) is 4.79 Å². The van der Waals surface area contributed by atoms with E-state index in [1.807, 2.05) is 4.90 Å². The van der Waals surface area contributed by atoms with Crippen LogP contribution >= 0.6 is 0 Å². The van der Waals surface area contributed by atoms with Crippen LogP contribution in [0.15, 0.2) is 12.7 Å². The fourth-order valence-corrected chi connectivity index (χ4v) is 3.58. The molecule has 1 saturated carbocycles. The first-order valence-corrected chi connectivity index (χ1v) is 8.00. The van der Waals surface area contributed by atoms with Gasteiger partial charge in [-0.05, 0) is 19.3 Å². The number of carbonyl (C=O) groups is 1. The highest BCUT2D eigenvalue weighted by Crippen LogP contribution is 2.28. The van der Waals surface area contributed by atoms with Gasteiger partial charge in [0.15, 0.2) is 11.5 Å². The summed E-state index contributed by atoms with van der Waals surface area (Å²) in [6, 6.07) is 0.242. The van der Waals surface area contributed by atoms with Crippen molar-refractivity contribution in [2.24, 2.45) is 5.92 Å². The summed E-state index contributed by atoms with van der Waals surface area (Å²) in [7, 11) is 0. The second-order valence-electron chi connectivity index (χ2n) is 6.22. The molecule has 22 heavy (non-hydrogen) atoms. The molecule has 1 aliphatic carbocycles. The summed E-state index contributed by atoms with van der Waals surface area (Å²) in [5, 5.41) is 3.43. The van der Waals surface area contributed by atoms with Gasteiger partial charge in [0.2, 0.25) is 5.91 Å². The van der Waals surface area contributed by atoms with Crippen LogP contribution in [0.25, 0.3) is 11.2 Å². The fraction of sp³-hybridized carbons (Fsp3) is 0.600. The molecule has 7 nitrogen and oxygen atoms in total. The molecule has 116 valence electrons. The number of fused-ring (bicyclic) bond motifs is 1. The van der Waals surface area contributed by atoms with Crippen molar-refractivity contribution in [2.45, 2.75) is 38.1 Å². The van der Waals surface area contributed by atoms with Gasteiger partial charge in [-0.1, -0.05) is 12.8 Å². The van der Waals surface area contributed by atoms with Gasteiger partial charge in [-0.2, -0.15) is 0 Å². The first-order chi connectivity index (χ1) is 10.8. The smallest absolute Gasteiger partial charge is 0.225 e. The van der Waals surface area contributed by atoms with Crippen molar-refractivity contribution in [1.29, 1.82) is 0 Å². The van der Waals surface area contributed by atoms with Gasteiger partial charge in [0.1, 0.15) is 11.8 Å². The van der Waals surface area contributed by atoms with Gasteiger partial charge < -0.3 is 15.2 Å². The number of H-pyrrole nitrogens is 1. The van der Waals surface area contributed by atoms with Gasteiger partial charge in [0.25, 0.3) is 0 Å². The number of amides is 1. The molecule has 0 bridgehead atoms. The topological polar surface area (TPSA) is 86.8 Å². The van der Waals surface area contributed by atoms with Crippen molar-refractivity contribution < 1.29 is 4.79 Å². The molecule has 1 aliphatic heterocycles. The van der Waals surface area contributed by atoms with Crippen LogP contribution in [0.2, 0.25) is 0 Å². The molecule has 2 fully saturated rings. The molecule has 7 heteroatoms. The molecule has 0 radical (unpaired) electrons. The van der Waals surface area contributed by atoms with Crippen LogP contribution in [0.1, 0.15) is 32.1 Å². The molecule has 1 atom stereocenters. The number of rotatable bonds is 3. The Balaban J connectivity index is 1.42. The Morgan fingerprint density at radius 2 is 2.09 bits per heavy atom. The van der Waals surface area contributed by atoms with E-state index in [4.69, 9.17) is 0 Å². The molecule has 0 aromatic carbocycles. The number of aromatic amines is 1. The molecule has 1 unspecified atom stereocenters. The number of nitrogens with one attached hydrogen (secondary N) is 2. The minimum Gasteiger partial charge on any atom is -0.364 e. The molecule has 2 aromatic rings. The molecule has 1 saturated heterocycles. The number of likely N-dealkylation sites (tertiary alicyclic amines) is 1. The van der Waals surface area contributed by atoms with Crippen molar-refractivity contribution in [3.05, 3.63) is 12.7 Å². The Morgan fingerprint density at radius 1 is 1.23 bits per heavy atom. The summed E-state index contributed by atoms with van der Waals surface area (Å²) in [6.07, 6.45) is 8.62. The van der Waals surface area contributed by atoms with Crippen LogP contribution in [0.3, 0.4) is 0 Å². The van der Waals surface area contributed by atoms with Crippen LogP contribution in [-0.2, 0) is 4.79 Å². The van der Waals surface area contributed by atoms with E-state index in [0.717, 1.165) is 43.7 Å². The third-order valence-electron chi connectivity index (χ3n) is 4.77. The van der Waals surface area contributed by atoms with Crippen LogP contribution in [0.4, 0.5) is 5.82 Å². The maximum absolute atomic E-state index is 12.5. The number of aromatic nitrogens is 4. The van der Waals surface area contributed by atoms with E-state index in [-0.39, 0.29) is 12.0 Å². The monoisotopic (exact) mass is 300 g/mol. The third-order valence-corrected chi connectivity index (χ3v) is 4.77. The summed E-state index contributed by atoms with van der Waals surface area (Å²) in [5.74, 6) is 1.37. The summed E-state index contributed by atoms with van der Waals surface area (Å²) in [4.78, 5) is 30.1. The zero-order valence-corrected chi connectivity index (χ0v) is 12.5. The Kier molecular flexibility index (Phi) is 3.40. The summed E-state index contributed by atoms with van der Waals surface area (Å²) >= 11 is 0. The van der Waals surface area contributed by atoms with Gasteiger partial charge in [0, 0.05) is 25.0 Å². The molecular formula is C15H20N6O. The predicted molar refractivity (Wildman–Crippen MR) is 82.2 cm³/mol. The average Bonchev–Trinajstić information content (AvgIpc) is 3.28. The van der Waals surface area contributed by atoms with Crippen LogP contribution in [0.5, 0.6) is 0 Å². The first-order valence-electron chi connectivity index (χ1n) is 8.00. The molecule has 1 amide bonds. The highest BCUT2D eigenvalue weighted by molar-refractivity contribution is 5.82. The number of imidazole rings is 1. The summed E-state index contributed by atoms with van der Waals surface area (Å²) < 4.78 is 0. The lowest BCUT2D eigenvalue weighted by molar-refractivity contribution is -0.134. The SMILES string of the molecule is O=C(C1CCCC1)N1CCC(Nc2ncnc3nc[nH]c23)C1. The van der Waals surface area contributed by atoms with Crippen molar-refractivity contribution in [2.75, 3.05) is 18.4 Å². The molecule has 3 heterocycles. The van der Waals surface area contributed by atoms with E-state index in [2.05, 4.69) is 25.3 Å². The minimum atomic E-state index is 0.242. The minimum absolute atomic E-state index is 0.242. The predicted octanol–water partition coefficient (Wildman–Crippen LogP) is 1.56. The van der Waals surface area contributed by atoms with Crippen LogP contribution in [-0.4, -0.2) is 49.9 Å². The van der Waals surface area contributed by atoms with Crippen molar-refractivity contribution in [1.82, 2.24) is 24.8 Å². The first kappa shape index (κ1) is 13.5. The number of hydrogen-bond acceptors (Lipinski definition) is 5. The second kappa shape index (κ2) is 5.55. The Bertz CT molecular complexity index is 677. The standard InChI is InChI=1S/C15H20N6O/c22-15(10-3-1-2-4-10)21-6-5-11(7-21)20-14-12-13(17-8-16-12)18-9-19-14/h8-11H,1-7H2,(H2,16,17,18,19,20). The average molecular weight is 300 g/mol. The van der Waals surface area contributed by atoms with Gasteiger partial charge >= 0.3 is 0 Å². The fourth-order valence-electron chi connectivity index (χ4n) is 3.58. The van der Waals surface area contributed by atoms with E-state index in [9.17, 15) is 4.79 Å². The van der Waals surface area contributed by atoms with E-state index < -0.39 is 0 Å². The molecule has 2 aliphatic rings. The van der Waals surface area contributed by atoms with Crippen molar-refractivity contribution in [3.8, 4) is 0 Å². The summed E-state index contributed by atoms with van der Waals surface area (Å²) in [5.41, 5.74) is 1.48. The molecular weight excluding hydrogens is 280 g/mol. The Morgan fingerprint density at radius 3 is 2.95 bits per heavy atom. The van der Waals surface area contributed by atoms with E-state index in [0.29, 0.717) is 11.6 Å². The Labute approximate surface area is 128 Å². The lowest BCUT2D eigenvalue weighted by Crippen LogP contribution is -2.35. The molecule has 2 N–H and O–H groups in total. The lowest BCUT2D eigenvalue weighted by Gasteiger charge is -2.20.